The lowest BCUT2D eigenvalue weighted by Crippen LogP contribution is -1.98. The van der Waals surface area contributed by atoms with Crippen LogP contribution in [0.1, 0.15) is 11.1 Å². The number of nitrogen functional groups attached to an aromatic ring is 2. The lowest BCUT2D eigenvalue weighted by atomic mass is 10.00. The topological polar surface area (TPSA) is 129 Å². The quantitative estimate of drug-likeness (QED) is 0.281. The van der Waals surface area contributed by atoms with Crippen LogP contribution in [0, 0.1) is 22.7 Å². The fraction of sp³-hybridized carbons (Fsp3) is 0. The van der Waals surface area contributed by atoms with Crippen molar-refractivity contribution in [3.05, 3.63) is 113 Å². The number of nitrogens with two attached hydrogens (primary N) is 2. The molecule has 0 aliphatic heterocycles. The van der Waals surface area contributed by atoms with Gasteiger partial charge in [0.25, 0.3) is 0 Å². The van der Waals surface area contributed by atoms with E-state index in [2.05, 4.69) is 10.7 Å². The maximum atomic E-state index is 8.98. The van der Waals surface area contributed by atoms with Crippen LogP contribution in [-0.4, -0.2) is 12.7 Å². The number of benzene rings is 4. The van der Waals surface area contributed by atoms with E-state index in [1.165, 1.54) is 0 Å². The van der Waals surface area contributed by atoms with E-state index in [4.69, 9.17) is 38.6 Å². The number of nitrogens with zero attached hydrogens (tertiary/aromatic N) is 2. The summed E-state index contributed by atoms with van der Waals surface area (Å²) in [7, 11) is 0.662. The number of para-hydroxylation sites is 1. The molecule has 0 saturated carbocycles. The van der Waals surface area contributed by atoms with Crippen molar-refractivity contribution < 1.29 is 9.68 Å². The van der Waals surface area contributed by atoms with Crippen molar-refractivity contribution >= 4 is 30.7 Å². The fourth-order valence-electron chi connectivity index (χ4n) is 2.70. The zero-order valence-corrected chi connectivity index (χ0v) is 18.9. The van der Waals surface area contributed by atoms with E-state index < -0.39 is 0 Å². The summed E-state index contributed by atoms with van der Waals surface area (Å²) >= 11 is 5.63. The van der Waals surface area contributed by atoms with Gasteiger partial charge < -0.3 is 21.1 Å². The van der Waals surface area contributed by atoms with Crippen LogP contribution < -0.4 is 16.1 Å². The molecule has 4 rings (SSSR count). The van der Waals surface area contributed by atoms with Crippen LogP contribution in [0.2, 0.25) is 5.02 Å². The summed E-state index contributed by atoms with van der Waals surface area (Å²) in [5.74, 6) is 0.639. The molecule has 0 aliphatic carbocycles. The highest BCUT2D eigenvalue weighted by Gasteiger charge is 2.04. The van der Waals surface area contributed by atoms with E-state index in [0.29, 0.717) is 41.0 Å². The molecule has 0 bridgehead atoms. The van der Waals surface area contributed by atoms with Crippen molar-refractivity contribution in [2.75, 3.05) is 11.5 Å². The molecule has 8 heteroatoms. The van der Waals surface area contributed by atoms with Gasteiger partial charge in [0.15, 0.2) is 0 Å². The number of anilines is 2. The van der Waals surface area contributed by atoms with Gasteiger partial charge in [-0.25, -0.2) is 0 Å². The average Bonchev–Trinajstić information content (AvgIpc) is 2.86. The third kappa shape index (κ3) is 8.25. The van der Waals surface area contributed by atoms with Crippen molar-refractivity contribution in [3.63, 3.8) is 0 Å². The fourth-order valence-corrected chi connectivity index (χ4v) is 2.93. The van der Waals surface area contributed by atoms with Crippen molar-refractivity contribution in [3.8, 4) is 29.0 Å². The molecule has 4 aromatic rings. The molecule has 0 atom stereocenters. The Bertz CT molecular complexity index is 1270. The van der Waals surface area contributed by atoms with E-state index >= 15 is 0 Å². The van der Waals surface area contributed by atoms with Crippen LogP contribution >= 0.6 is 11.6 Å². The molecule has 0 fully saturated rings. The summed E-state index contributed by atoms with van der Waals surface area (Å²) in [6, 6.07) is 33.0. The maximum absolute atomic E-state index is 8.98. The Kier molecular flexibility index (Phi) is 10.5. The minimum absolute atomic E-state index is 0.405. The van der Waals surface area contributed by atoms with Crippen LogP contribution in [0.5, 0.6) is 5.75 Å². The first kappa shape index (κ1) is 25.8. The van der Waals surface area contributed by atoms with Crippen LogP contribution in [0.3, 0.4) is 0 Å². The monoisotopic (exact) mass is 467 g/mol. The van der Waals surface area contributed by atoms with Crippen molar-refractivity contribution in [1.82, 2.24) is 0 Å². The molecule has 4 aromatic carbocycles. The van der Waals surface area contributed by atoms with Gasteiger partial charge in [-0.3, -0.25) is 0 Å². The summed E-state index contributed by atoms with van der Waals surface area (Å²) in [4.78, 5) is 0. The third-order valence-electron chi connectivity index (χ3n) is 4.29. The Labute approximate surface area is 204 Å². The first-order valence-corrected chi connectivity index (χ1v) is 10.3. The standard InChI is InChI=1S/C13H10N2.C7H5ClN2.C6H6BO2/c14-9-11-6-7-12(15)8-13(11)10-4-2-1-3-5-10;8-7-3-6(10)2-1-5(7)4-9;8-7-9-6-4-2-1-3-5-6/h1-8H,15H2;1-3H,10H2;1-5,8H. The smallest absolute Gasteiger partial charge is 0.537 e. The molecule has 1 radical (unpaired) electrons. The number of hydrogen-bond acceptors (Lipinski definition) is 6. The van der Waals surface area contributed by atoms with Gasteiger partial charge in [0.2, 0.25) is 0 Å². The third-order valence-corrected chi connectivity index (χ3v) is 4.61. The van der Waals surface area contributed by atoms with E-state index in [1.54, 1.807) is 42.5 Å². The molecule has 0 aromatic heterocycles. The molecule has 0 amide bonds. The second kappa shape index (κ2) is 13.9. The van der Waals surface area contributed by atoms with E-state index in [1.807, 2.05) is 60.7 Å². The molecular formula is C26H21BClN4O2. The predicted octanol–water partition coefficient (Wildman–Crippen LogP) is 5.19. The minimum atomic E-state index is 0.405. The summed E-state index contributed by atoms with van der Waals surface area (Å²) in [6.07, 6.45) is 0. The maximum Gasteiger partial charge on any atom is 0.569 e. The molecule has 34 heavy (non-hydrogen) atoms. The second-order valence-electron chi connectivity index (χ2n) is 6.67. The van der Waals surface area contributed by atoms with E-state index in [-0.39, 0.29) is 0 Å². The van der Waals surface area contributed by atoms with Gasteiger partial charge in [-0.2, -0.15) is 10.5 Å². The summed E-state index contributed by atoms with van der Waals surface area (Å²) in [6.45, 7) is 0. The molecular weight excluding hydrogens is 447 g/mol. The first-order valence-electron chi connectivity index (χ1n) is 9.96. The summed E-state index contributed by atoms with van der Waals surface area (Å²) in [5.41, 5.74) is 15.4. The molecule has 0 spiro atoms. The van der Waals surface area contributed by atoms with E-state index in [9.17, 15) is 0 Å². The lowest BCUT2D eigenvalue weighted by Gasteiger charge is -2.04. The Hall–Kier alpha value is -4.43. The van der Waals surface area contributed by atoms with Gasteiger partial charge in [-0.15, -0.1) is 0 Å². The number of hydrogen-bond donors (Lipinski definition) is 3. The molecule has 5 N–H and O–H groups in total. The van der Waals surface area contributed by atoms with Crippen LogP contribution in [0.15, 0.2) is 97.1 Å². The van der Waals surface area contributed by atoms with Crippen LogP contribution in [-0.2, 0) is 0 Å². The van der Waals surface area contributed by atoms with Gasteiger partial charge in [0, 0.05) is 16.9 Å². The van der Waals surface area contributed by atoms with Crippen LogP contribution in [0.25, 0.3) is 11.1 Å². The predicted molar refractivity (Wildman–Crippen MR) is 137 cm³/mol. The van der Waals surface area contributed by atoms with Gasteiger partial charge in [-0.05, 0) is 54.1 Å². The molecule has 6 nitrogen and oxygen atoms in total. The Balaban J connectivity index is 0.000000189. The highest BCUT2D eigenvalue weighted by atomic mass is 35.5. The van der Waals surface area contributed by atoms with Crippen molar-refractivity contribution in [2.45, 2.75) is 0 Å². The Morgan fingerprint density at radius 1 is 0.735 bits per heavy atom. The molecule has 0 unspecified atom stereocenters. The van der Waals surface area contributed by atoms with Crippen molar-refractivity contribution in [1.29, 1.82) is 10.5 Å². The normalized spacial score (nSPS) is 9.06. The average molecular weight is 468 g/mol. The number of nitriles is 2. The second-order valence-corrected chi connectivity index (χ2v) is 7.08. The van der Waals surface area contributed by atoms with Gasteiger partial charge >= 0.3 is 7.69 Å². The van der Waals surface area contributed by atoms with Gasteiger partial charge in [-0.1, -0.05) is 60.1 Å². The summed E-state index contributed by atoms with van der Waals surface area (Å²) < 4.78 is 4.64. The Morgan fingerprint density at radius 2 is 1.26 bits per heavy atom. The van der Waals surface area contributed by atoms with Gasteiger partial charge in [0.05, 0.1) is 28.0 Å². The SMILES string of the molecule is N#Cc1ccc(N)cc1-c1ccccc1.N#Cc1ccc(N)cc1Cl.O[B]Oc1ccccc1. The molecule has 0 heterocycles. The lowest BCUT2D eigenvalue weighted by molar-refractivity contribution is 0.454. The minimum Gasteiger partial charge on any atom is -0.537 e. The molecule has 0 aliphatic rings. The number of halogens is 1. The molecule has 167 valence electrons. The van der Waals surface area contributed by atoms with E-state index in [0.717, 1.165) is 11.1 Å². The summed E-state index contributed by atoms with van der Waals surface area (Å²) in [5, 5.41) is 26.0. The largest absolute Gasteiger partial charge is 0.569 e. The molecule has 0 saturated heterocycles. The zero-order chi connectivity index (χ0) is 24.8. The van der Waals surface area contributed by atoms with Crippen LogP contribution in [0.4, 0.5) is 11.4 Å². The zero-order valence-electron chi connectivity index (χ0n) is 18.1. The highest BCUT2D eigenvalue weighted by Crippen LogP contribution is 2.25. The highest BCUT2D eigenvalue weighted by molar-refractivity contribution is 6.32. The number of rotatable bonds is 3. The Morgan fingerprint density at radius 3 is 1.79 bits per heavy atom. The first-order chi connectivity index (χ1) is 16.5. The van der Waals surface area contributed by atoms with Crippen molar-refractivity contribution in [2.24, 2.45) is 0 Å². The van der Waals surface area contributed by atoms with Gasteiger partial charge in [0.1, 0.15) is 6.07 Å².